The fraction of sp³-hybridized carbons (Fsp3) is 0.350. The predicted octanol–water partition coefficient (Wildman–Crippen LogP) is 0.830. The predicted molar refractivity (Wildman–Crippen MR) is 116 cm³/mol. The highest BCUT2D eigenvalue weighted by atomic mass is 16.3. The normalized spacial score (nSPS) is 11.2. The van der Waals surface area contributed by atoms with Crippen molar-refractivity contribution < 1.29 is 10.2 Å². The van der Waals surface area contributed by atoms with Crippen molar-refractivity contribution in [3.05, 3.63) is 48.7 Å². The van der Waals surface area contributed by atoms with E-state index in [2.05, 4.69) is 30.4 Å². The van der Waals surface area contributed by atoms with E-state index in [0.717, 1.165) is 11.4 Å². The average molecular weight is 423 g/mol. The Balaban J connectivity index is 1.60. The first-order valence-corrected chi connectivity index (χ1v) is 10.1. The van der Waals surface area contributed by atoms with E-state index in [1.54, 1.807) is 28.3 Å². The molecule has 0 radical (unpaired) electrons. The monoisotopic (exact) mass is 423 g/mol. The average Bonchev–Trinajstić information content (AvgIpc) is 3.47. The first-order chi connectivity index (χ1) is 15.2. The number of aliphatic hydroxyl groups excluding tert-OH is 2. The smallest absolute Gasteiger partial charge is 0.229 e. The summed E-state index contributed by atoms with van der Waals surface area (Å²) < 4.78 is 3.63. The molecule has 11 heteroatoms. The van der Waals surface area contributed by atoms with Crippen molar-refractivity contribution in [3.63, 3.8) is 0 Å². The molecule has 0 spiro atoms. The van der Waals surface area contributed by atoms with Gasteiger partial charge >= 0.3 is 0 Å². The van der Waals surface area contributed by atoms with Gasteiger partial charge < -0.3 is 25.0 Å². The summed E-state index contributed by atoms with van der Waals surface area (Å²) >= 11 is 0. The molecule has 0 atom stereocenters. The van der Waals surface area contributed by atoms with Crippen LogP contribution in [0.1, 0.15) is 12.5 Å². The third kappa shape index (κ3) is 4.47. The Morgan fingerprint density at radius 2 is 1.94 bits per heavy atom. The highest BCUT2D eigenvalue weighted by Crippen LogP contribution is 2.23. The van der Waals surface area contributed by atoms with Crippen LogP contribution >= 0.6 is 0 Å². The first-order valence-electron chi connectivity index (χ1n) is 10.1. The summed E-state index contributed by atoms with van der Waals surface area (Å²) in [5.41, 5.74) is 2.34. The lowest BCUT2D eigenvalue weighted by atomic mass is 10.3. The number of imidazole rings is 1. The van der Waals surface area contributed by atoms with E-state index < -0.39 is 0 Å². The summed E-state index contributed by atoms with van der Waals surface area (Å²) in [7, 11) is 0. The first kappa shape index (κ1) is 20.7. The number of anilines is 2. The van der Waals surface area contributed by atoms with E-state index in [4.69, 9.17) is 0 Å². The molecule has 0 saturated carbocycles. The van der Waals surface area contributed by atoms with E-state index >= 15 is 0 Å². The van der Waals surface area contributed by atoms with Crippen LogP contribution in [0.25, 0.3) is 17.0 Å². The van der Waals surface area contributed by atoms with Crippen LogP contribution in [-0.2, 0) is 13.1 Å². The molecular formula is C20H25N9O2. The second-order valence-electron chi connectivity index (χ2n) is 6.84. The molecule has 0 unspecified atom stereocenters. The maximum Gasteiger partial charge on any atom is 0.229 e. The lowest BCUT2D eigenvalue weighted by Gasteiger charge is -2.21. The highest BCUT2D eigenvalue weighted by molar-refractivity contribution is 5.84. The van der Waals surface area contributed by atoms with Crippen LogP contribution in [0.15, 0.2) is 43.1 Å². The fourth-order valence-corrected chi connectivity index (χ4v) is 3.23. The van der Waals surface area contributed by atoms with E-state index in [1.165, 1.54) is 0 Å². The maximum atomic E-state index is 9.39. The van der Waals surface area contributed by atoms with E-state index in [1.807, 2.05) is 35.9 Å². The molecule has 0 bridgehead atoms. The van der Waals surface area contributed by atoms with E-state index in [9.17, 15) is 10.2 Å². The van der Waals surface area contributed by atoms with Crippen LogP contribution in [0.3, 0.4) is 0 Å². The molecule has 11 nitrogen and oxygen atoms in total. The van der Waals surface area contributed by atoms with Gasteiger partial charge in [0.05, 0.1) is 19.5 Å². The van der Waals surface area contributed by atoms with Crippen molar-refractivity contribution in [1.82, 2.24) is 34.3 Å². The van der Waals surface area contributed by atoms with Crippen molar-refractivity contribution in [3.8, 4) is 5.82 Å². The summed E-state index contributed by atoms with van der Waals surface area (Å²) in [6, 6.07) is 5.73. The van der Waals surface area contributed by atoms with Crippen LogP contribution in [-0.4, -0.2) is 70.8 Å². The zero-order valence-electron chi connectivity index (χ0n) is 17.3. The molecule has 4 aromatic rings. The largest absolute Gasteiger partial charge is 0.395 e. The van der Waals surface area contributed by atoms with Crippen LogP contribution in [0.4, 0.5) is 11.8 Å². The number of rotatable bonds is 10. The van der Waals surface area contributed by atoms with Gasteiger partial charge in [0.1, 0.15) is 0 Å². The van der Waals surface area contributed by atoms with Crippen molar-refractivity contribution in [2.24, 2.45) is 0 Å². The molecule has 0 aliphatic rings. The molecule has 4 heterocycles. The zero-order valence-corrected chi connectivity index (χ0v) is 17.3. The molecular weight excluding hydrogens is 398 g/mol. The Kier molecular flexibility index (Phi) is 6.34. The van der Waals surface area contributed by atoms with Gasteiger partial charge in [-0.05, 0) is 24.6 Å². The third-order valence-electron chi connectivity index (χ3n) is 4.82. The molecule has 0 saturated heterocycles. The Labute approximate surface area is 179 Å². The molecule has 0 fully saturated rings. The molecule has 0 aromatic carbocycles. The number of nitrogens with one attached hydrogen (secondary N) is 1. The third-order valence-corrected chi connectivity index (χ3v) is 4.82. The Hall–Kier alpha value is -3.57. The number of hydrogen-bond acceptors (Lipinski definition) is 9. The highest BCUT2D eigenvalue weighted by Gasteiger charge is 2.17. The number of aryl methyl sites for hydroxylation is 1. The van der Waals surface area contributed by atoms with Gasteiger partial charge in [0, 0.05) is 44.8 Å². The number of pyridine rings is 1. The molecule has 31 heavy (non-hydrogen) atoms. The van der Waals surface area contributed by atoms with Gasteiger partial charge in [0.15, 0.2) is 22.8 Å². The van der Waals surface area contributed by atoms with E-state index in [-0.39, 0.29) is 13.2 Å². The Morgan fingerprint density at radius 3 is 2.58 bits per heavy atom. The quantitative estimate of drug-likeness (QED) is 0.339. The summed E-state index contributed by atoms with van der Waals surface area (Å²) in [6.07, 6.45) is 7.07. The van der Waals surface area contributed by atoms with Gasteiger partial charge in [0.25, 0.3) is 0 Å². The zero-order chi connectivity index (χ0) is 21.6. The standard InChI is InChI=1S/C20H25N9O2/c1-2-27-14-23-17-18(25-20(26-19(17)27)28(8-10-30)9-11-31)22-13-15-4-5-16(21-12-15)29-7-3-6-24-29/h3-7,12,14,30-31H,2,8-11,13H2,1H3,(H,22,25,26). The van der Waals surface area contributed by atoms with Gasteiger partial charge in [-0.2, -0.15) is 15.1 Å². The minimum Gasteiger partial charge on any atom is -0.395 e. The second kappa shape index (κ2) is 9.49. The van der Waals surface area contributed by atoms with Gasteiger partial charge in [-0.15, -0.1) is 0 Å². The molecule has 0 aliphatic carbocycles. The van der Waals surface area contributed by atoms with Crippen molar-refractivity contribution >= 4 is 22.9 Å². The van der Waals surface area contributed by atoms with E-state index in [0.29, 0.717) is 49.1 Å². The Morgan fingerprint density at radius 1 is 1.10 bits per heavy atom. The minimum absolute atomic E-state index is 0.0640. The maximum absolute atomic E-state index is 9.39. The summed E-state index contributed by atoms with van der Waals surface area (Å²) in [5, 5.41) is 26.3. The molecule has 4 rings (SSSR count). The number of aliphatic hydroxyl groups is 2. The molecule has 4 aromatic heterocycles. The van der Waals surface area contributed by atoms with Crippen LogP contribution in [0, 0.1) is 0 Å². The Bertz CT molecular complexity index is 1100. The minimum atomic E-state index is -0.0640. The van der Waals surface area contributed by atoms with Crippen LogP contribution in [0.2, 0.25) is 0 Å². The van der Waals surface area contributed by atoms with Crippen molar-refractivity contribution in [2.75, 3.05) is 36.5 Å². The summed E-state index contributed by atoms with van der Waals surface area (Å²) in [5.74, 6) is 1.76. The van der Waals surface area contributed by atoms with Crippen molar-refractivity contribution in [2.45, 2.75) is 20.0 Å². The molecule has 162 valence electrons. The lowest BCUT2D eigenvalue weighted by Crippen LogP contribution is -2.31. The number of hydrogen-bond donors (Lipinski definition) is 3. The van der Waals surface area contributed by atoms with Gasteiger partial charge in [-0.1, -0.05) is 6.07 Å². The molecule has 0 aliphatic heterocycles. The van der Waals surface area contributed by atoms with Crippen LogP contribution < -0.4 is 10.2 Å². The lowest BCUT2D eigenvalue weighted by molar-refractivity contribution is 0.280. The second-order valence-corrected chi connectivity index (χ2v) is 6.84. The number of aromatic nitrogens is 7. The SMILES string of the molecule is CCn1cnc2c(NCc3ccc(-n4cccn4)nc3)nc(N(CCO)CCO)nc21. The van der Waals surface area contributed by atoms with Gasteiger partial charge in [0.2, 0.25) is 5.95 Å². The number of fused-ring (bicyclic) bond motifs is 1. The summed E-state index contributed by atoms with van der Waals surface area (Å²) in [4.78, 5) is 19.9. The molecule has 0 amide bonds. The fourth-order valence-electron chi connectivity index (χ4n) is 3.23. The van der Waals surface area contributed by atoms with Crippen LogP contribution in [0.5, 0.6) is 0 Å². The van der Waals surface area contributed by atoms with Gasteiger partial charge in [-0.3, -0.25) is 0 Å². The number of nitrogens with zero attached hydrogens (tertiary/aromatic N) is 8. The van der Waals surface area contributed by atoms with Gasteiger partial charge in [-0.25, -0.2) is 14.6 Å². The summed E-state index contributed by atoms with van der Waals surface area (Å²) in [6.45, 7) is 3.75. The molecule has 3 N–H and O–H groups in total. The van der Waals surface area contributed by atoms with Crippen molar-refractivity contribution in [1.29, 1.82) is 0 Å². The topological polar surface area (TPSA) is 130 Å².